The molecule has 0 fully saturated rings. The maximum Gasteiger partial charge on any atom is 0.267 e. The van der Waals surface area contributed by atoms with Crippen molar-refractivity contribution in [2.75, 3.05) is 29.0 Å². The van der Waals surface area contributed by atoms with E-state index in [0.717, 1.165) is 22.8 Å². The monoisotopic (exact) mass is 645 g/mol. The molecule has 0 atom stereocenters. The number of amides is 2. The molecular formula is C31H28ClN7O5S. The van der Waals surface area contributed by atoms with Crippen molar-refractivity contribution in [3.63, 3.8) is 0 Å². The van der Waals surface area contributed by atoms with Crippen LogP contribution in [0.5, 0.6) is 0 Å². The lowest BCUT2D eigenvalue weighted by Gasteiger charge is -2.12. The largest absolute Gasteiger partial charge is 0.378 e. The van der Waals surface area contributed by atoms with Gasteiger partial charge in [0.2, 0.25) is 0 Å². The van der Waals surface area contributed by atoms with E-state index in [1.54, 1.807) is 31.2 Å². The molecule has 0 saturated carbocycles. The Morgan fingerprint density at radius 1 is 1.00 bits per heavy atom. The second kappa shape index (κ2) is 12.8. The zero-order valence-corrected chi connectivity index (χ0v) is 25.9. The Balaban J connectivity index is 1.32. The zero-order chi connectivity index (χ0) is 32.3. The molecule has 5 rings (SSSR count). The lowest BCUT2D eigenvalue weighted by molar-refractivity contribution is -0.124. The normalized spacial score (nSPS) is 11.5. The van der Waals surface area contributed by atoms with Crippen LogP contribution in [0.25, 0.3) is 28.5 Å². The van der Waals surface area contributed by atoms with E-state index in [0.29, 0.717) is 33.4 Å². The number of carbonyl (C=O) groups is 2. The van der Waals surface area contributed by atoms with Gasteiger partial charge in [0.1, 0.15) is 11.6 Å². The molecule has 2 heterocycles. The number of nitrogens with zero attached hydrogens (tertiary/aromatic N) is 3. The number of hydrogen-bond acceptors (Lipinski definition) is 8. The maximum atomic E-state index is 13.2. The van der Waals surface area contributed by atoms with Gasteiger partial charge in [-0.05, 0) is 79.2 Å². The third-order valence-corrected chi connectivity index (χ3v) is 8.42. The quantitative estimate of drug-likeness (QED) is 0.0825. The molecule has 0 radical (unpaired) electrons. The van der Waals surface area contributed by atoms with Crippen LogP contribution in [0, 0.1) is 6.92 Å². The van der Waals surface area contributed by atoms with Crippen LogP contribution in [0.1, 0.15) is 21.6 Å². The summed E-state index contributed by atoms with van der Waals surface area (Å²) in [5.74, 6) is -0.643. The van der Waals surface area contributed by atoms with E-state index in [2.05, 4.69) is 25.0 Å². The summed E-state index contributed by atoms with van der Waals surface area (Å²) < 4.78 is 28.4. The molecule has 0 aliphatic carbocycles. The van der Waals surface area contributed by atoms with Crippen molar-refractivity contribution in [3.8, 4) is 11.4 Å². The molecule has 0 bridgehead atoms. The van der Waals surface area contributed by atoms with Gasteiger partial charge in [-0.2, -0.15) is 0 Å². The molecule has 5 N–H and O–H groups in total. The average Bonchev–Trinajstić information content (AvgIpc) is 3.44. The number of aryl methyl sites for hydroxylation is 1. The van der Waals surface area contributed by atoms with Crippen LogP contribution in [-0.2, 0) is 14.8 Å². The Kier molecular flexibility index (Phi) is 8.86. The number of hydrogen-bond donors (Lipinski definition) is 5. The van der Waals surface area contributed by atoms with Gasteiger partial charge in [0.15, 0.2) is 0 Å². The van der Waals surface area contributed by atoms with Crippen LogP contribution >= 0.6 is 11.6 Å². The number of pyridine rings is 1. The summed E-state index contributed by atoms with van der Waals surface area (Å²) in [6, 6.07) is 19.6. The van der Waals surface area contributed by atoms with Crippen LogP contribution in [0.3, 0.4) is 0 Å². The molecule has 3 aromatic carbocycles. The third-order valence-electron chi connectivity index (χ3n) is 6.74. The molecule has 45 heavy (non-hydrogen) atoms. The summed E-state index contributed by atoms with van der Waals surface area (Å²) in [5.41, 5.74) is 6.12. The number of fused-ring (bicyclic) bond motifs is 1. The fourth-order valence-electron chi connectivity index (χ4n) is 4.44. The van der Waals surface area contributed by atoms with Gasteiger partial charge in [0.25, 0.3) is 21.8 Å². The van der Waals surface area contributed by atoms with Crippen molar-refractivity contribution in [1.29, 1.82) is 0 Å². The van der Waals surface area contributed by atoms with Gasteiger partial charge in [-0.3, -0.25) is 19.5 Å². The highest BCUT2D eigenvalue weighted by Gasteiger charge is 2.18. The fourth-order valence-corrected chi connectivity index (χ4v) is 5.70. The molecule has 230 valence electrons. The van der Waals surface area contributed by atoms with E-state index in [1.165, 1.54) is 41.9 Å². The van der Waals surface area contributed by atoms with Gasteiger partial charge in [-0.1, -0.05) is 23.7 Å². The van der Waals surface area contributed by atoms with E-state index in [1.807, 2.05) is 37.2 Å². The van der Waals surface area contributed by atoms with Crippen molar-refractivity contribution >= 4 is 67.7 Å². The van der Waals surface area contributed by atoms with Gasteiger partial charge in [-0.25, -0.2) is 23.9 Å². The highest BCUT2D eigenvalue weighted by atomic mass is 35.5. The van der Waals surface area contributed by atoms with Crippen molar-refractivity contribution in [2.24, 2.45) is 0 Å². The fraction of sp³-hybridized carbons (Fsp3) is 0.0968. The Hall–Kier alpha value is -5.24. The van der Waals surface area contributed by atoms with E-state index in [9.17, 15) is 18.0 Å². The Morgan fingerprint density at radius 3 is 2.53 bits per heavy atom. The van der Waals surface area contributed by atoms with E-state index in [-0.39, 0.29) is 16.3 Å². The summed E-state index contributed by atoms with van der Waals surface area (Å²) in [6.07, 6.45) is 2.40. The number of aromatic nitrogens is 3. The smallest absolute Gasteiger partial charge is 0.267 e. The molecule has 0 aliphatic rings. The number of nitrogens with one attached hydrogen (secondary N) is 4. The van der Waals surface area contributed by atoms with Gasteiger partial charge < -0.3 is 15.2 Å². The van der Waals surface area contributed by atoms with Gasteiger partial charge in [-0.15, -0.1) is 0 Å². The number of carbonyl (C=O) groups excluding carboxylic acids is 2. The number of anilines is 3. The number of rotatable bonds is 9. The first-order valence-electron chi connectivity index (χ1n) is 13.4. The molecule has 0 saturated heterocycles. The van der Waals surface area contributed by atoms with Gasteiger partial charge in [0.05, 0.1) is 32.2 Å². The van der Waals surface area contributed by atoms with Crippen molar-refractivity contribution in [2.45, 2.75) is 11.8 Å². The van der Waals surface area contributed by atoms with Gasteiger partial charge in [0, 0.05) is 37.1 Å². The van der Waals surface area contributed by atoms with Crippen LogP contribution in [0.4, 0.5) is 17.2 Å². The van der Waals surface area contributed by atoms with Gasteiger partial charge >= 0.3 is 0 Å². The molecular weight excluding hydrogens is 618 g/mol. The van der Waals surface area contributed by atoms with Crippen LogP contribution in [0.2, 0.25) is 5.02 Å². The SMILES string of the molecule is Cc1nc(NS(=O)(=O)c2cccc(/C=C/C(=O)NO)c2)ccc1C(=O)Nc1ccc(Cl)c(-c2nc3ccc(N(C)C)cc3[nH]2)c1. The van der Waals surface area contributed by atoms with E-state index < -0.39 is 21.8 Å². The molecule has 2 amide bonds. The summed E-state index contributed by atoms with van der Waals surface area (Å²) in [4.78, 5) is 38.6. The minimum absolute atomic E-state index is 0.0146. The van der Waals surface area contributed by atoms with Crippen molar-refractivity contribution < 1.29 is 23.2 Å². The standard InChI is InChI=1S/C31H28ClN7O5S/c1-18-23(10-13-28(33-18)38-45(43,44)22-6-4-5-19(15-22)7-14-29(40)37-42)31(41)34-20-8-11-25(32)24(16-20)30-35-26-12-9-21(39(2)3)17-27(26)36-30/h4-17,42H,1-3H3,(H,33,38)(H,34,41)(H,35,36)(H,37,40)/b14-7+. The highest BCUT2D eigenvalue weighted by molar-refractivity contribution is 7.92. The molecule has 14 heteroatoms. The lowest BCUT2D eigenvalue weighted by atomic mass is 10.1. The Bertz CT molecular complexity index is 2080. The first-order chi connectivity index (χ1) is 21.4. The summed E-state index contributed by atoms with van der Waals surface area (Å²) >= 11 is 6.50. The number of aromatic amines is 1. The predicted octanol–water partition coefficient (Wildman–Crippen LogP) is 5.22. The minimum Gasteiger partial charge on any atom is -0.378 e. The summed E-state index contributed by atoms with van der Waals surface area (Å²) in [5, 5.41) is 11.9. The highest BCUT2D eigenvalue weighted by Crippen LogP contribution is 2.31. The molecule has 5 aromatic rings. The number of sulfonamides is 1. The predicted molar refractivity (Wildman–Crippen MR) is 174 cm³/mol. The molecule has 2 aromatic heterocycles. The second-order valence-corrected chi connectivity index (χ2v) is 12.2. The number of hydroxylamine groups is 1. The van der Waals surface area contributed by atoms with Crippen LogP contribution in [0.15, 0.2) is 83.8 Å². The maximum absolute atomic E-state index is 13.2. The topological polar surface area (TPSA) is 169 Å². The first kappa shape index (κ1) is 31.2. The molecule has 0 unspecified atom stereocenters. The zero-order valence-electron chi connectivity index (χ0n) is 24.3. The number of halogens is 1. The lowest BCUT2D eigenvalue weighted by Crippen LogP contribution is -2.17. The molecule has 0 aliphatic heterocycles. The average molecular weight is 646 g/mol. The summed E-state index contributed by atoms with van der Waals surface area (Å²) in [7, 11) is -0.142. The number of imidazole rings is 1. The van der Waals surface area contributed by atoms with Crippen molar-refractivity contribution in [1.82, 2.24) is 20.4 Å². The molecule has 12 nitrogen and oxygen atoms in total. The third kappa shape index (κ3) is 7.12. The van der Waals surface area contributed by atoms with Crippen molar-refractivity contribution in [3.05, 3.63) is 101 Å². The van der Waals surface area contributed by atoms with E-state index in [4.69, 9.17) is 16.8 Å². The van der Waals surface area contributed by atoms with Crippen LogP contribution < -0.4 is 20.4 Å². The van der Waals surface area contributed by atoms with Crippen LogP contribution in [-0.4, -0.2) is 54.5 Å². The Morgan fingerprint density at radius 2 is 1.80 bits per heavy atom. The van der Waals surface area contributed by atoms with E-state index >= 15 is 0 Å². The number of H-pyrrole nitrogens is 1. The summed E-state index contributed by atoms with van der Waals surface area (Å²) in [6.45, 7) is 1.59. The second-order valence-electron chi connectivity index (χ2n) is 10.1. The minimum atomic E-state index is -4.05. The number of benzene rings is 3. The molecule has 0 spiro atoms. The first-order valence-corrected chi connectivity index (χ1v) is 15.3. The Labute approximate surface area is 263 Å².